The van der Waals surface area contributed by atoms with Crippen molar-refractivity contribution in [2.75, 3.05) is 43.4 Å². The molecule has 7 nitrogen and oxygen atoms in total. The molecule has 1 saturated carbocycles. The van der Waals surface area contributed by atoms with Crippen molar-refractivity contribution in [1.82, 2.24) is 19.7 Å². The molecule has 0 radical (unpaired) electrons. The van der Waals surface area contributed by atoms with E-state index in [-0.39, 0.29) is 17.2 Å². The Morgan fingerprint density at radius 1 is 1.09 bits per heavy atom. The molecule has 0 spiro atoms. The lowest BCUT2D eigenvalue weighted by molar-refractivity contribution is -0.138. The summed E-state index contributed by atoms with van der Waals surface area (Å²) in [4.78, 5) is 17.3. The van der Waals surface area contributed by atoms with Crippen molar-refractivity contribution in [2.45, 2.75) is 44.9 Å². The molecule has 3 heterocycles. The molecule has 3 aromatic rings. The minimum Gasteiger partial charge on any atom is -0.361 e. The van der Waals surface area contributed by atoms with Crippen LogP contribution in [0.25, 0.3) is 10.8 Å². The fourth-order valence-corrected chi connectivity index (χ4v) is 4.84. The van der Waals surface area contributed by atoms with Gasteiger partial charge in [-0.2, -0.15) is 13.2 Å². The van der Waals surface area contributed by atoms with Crippen molar-refractivity contribution in [3.63, 3.8) is 0 Å². The van der Waals surface area contributed by atoms with Gasteiger partial charge in [0.1, 0.15) is 0 Å². The average Bonchev–Trinajstić information content (AvgIpc) is 3.64. The number of pyridine rings is 1. The number of rotatable bonds is 5. The molecule has 1 aliphatic carbocycles. The smallest absolute Gasteiger partial charge is 0.361 e. The summed E-state index contributed by atoms with van der Waals surface area (Å²) in [6, 6.07) is 5.57. The molecule has 2 aromatic heterocycles. The summed E-state index contributed by atoms with van der Waals surface area (Å²) in [6.45, 7) is 6.61. The van der Waals surface area contributed by atoms with E-state index in [9.17, 15) is 18.0 Å². The van der Waals surface area contributed by atoms with Crippen LogP contribution in [0.2, 0.25) is 0 Å². The third-order valence-electron chi connectivity index (χ3n) is 7.07. The molecule has 2 fully saturated rings. The van der Waals surface area contributed by atoms with E-state index in [1.54, 1.807) is 23.6 Å². The van der Waals surface area contributed by atoms with Gasteiger partial charge in [-0.05, 0) is 50.9 Å². The number of anilines is 2. The highest BCUT2D eigenvalue weighted by atomic mass is 19.4. The van der Waals surface area contributed by atoms with E-state index >= 15 is 0 Å². The van der Waals surface area contributed by atoms with Gasteiger partial charge in [0.15, 0.2) is 11.6 Å². The minimum atomic E-state index is -4.42. The van der Waals surface area contributed by atoms with Crippen molar-refractivity contribution in [3.05, 3.63) is 57.5 Å². The number of piperazine rings is 1. The van der Waals surface area contributed by atoms with E-state index < -0.39 is 17.8 Å². The second-order valence-electron chi connectivity index (χ2n) is 9.62. The van der Waals surface area contributed by atoms with Crippen LogP contribution < -0.4 is 15.8 Å². The third kappa shape index (κ3) is 4.59. The van der Waals surface area contributed by atoms with E-state index in [0.29, 0.717) is 22.6 Å². The van der Waals surface area contributed by atoms with Crippen LogP contribution in [0, 0.1) is 6.92 Å². The van der Waals surface area contributed by atoms with Gasteiger partial charge in [-0.25, -0.2) is 0 Å². The molecule has 0 amide bonds. The lowest BCUT2D eigenvalue weighted by Gasteiger charge is -2.33. The number of hydrogen-bond donors (Lipinski definition) is 1. The summed E-state index contributed by atoms with van der Waals surface area (Å²) >= 11 is 0. The van der Waals surface area contributed by atoms with Crippen LogP contribution in [0.4, 0.5) is 24.8 Å². The Hall–Kier alpha value is -3.14. The van der Waals surface area contributed by atoms with Gasteiger partial charge in [0.2, 0.25) is 0 Å². The SMILES string of the molecule is Cc1c([C@@H](C)Nc2nnc(N3CCN(C)CC3)c3cc(=O)n(C4CC4)cc23)cccc1C(F)(F)F. The maximum Gasteiger partial charge on any atom is 0.416 e. The molecule has 1 atom stereocenters. The van der Waals surface area contributed by atoms with E-state index in [0.717, 1.165) is 50.5 Å². The predicted molar refractivity (Wildman–Crippen MR) is 130 cm³/mol. The molecule has 0 unspecified atom stereocenters. The standard InChI is InChI=1S/C25H29F3N6O/c1-15-18(5-4-6-21(15)25(26,27)28)16(2)29-23-20-14-34(17-7-8-17)22(35)13-19(20)24(31-30-23)33-11-9-32(3)10-12-33/h4-6,13-14,16-17H,7-12H2,1-3H3,(H,29,30)/t16-/m1/s1. The van der Waals surface area contributed by atoms with E-state index in [4.69, 9.17) is 0 Å². The van der Waals surface area contributed by atoms with Crippen molar-refractivity contribution >= 4 is 22.4 Å². The van der Waals surface area contributed by atoms with Gasteiger partial charge >= 0.3 is 6.18 Å². The molecular weight excluding hydrogens is 457 g/mol. The van der Waals surface area contributed by atoms with Crippen LogP contribution in [-0.4, -0.2) is 52.9 Å². The highest BCUT2D eigenvalue weighted by Crippen LogP contribution is 2.38. The average molecular weight is 487 g/mol. The van der Waals surface area contributed by atoms with Gasteiger partial charge in [0.25, 0.3) is 5.56 Å². The van der Waals surface area contributed by atoms with Gasteiger partial charge in [0, 0.05) is 55.3 Å². The zero-order valence-electron chi connectivity index (χ0n) is 20.1. The molecule has 10 heteroatoms. The number of benzene rings is 1. The first-order chi connectivity index (χ1) is 16.6. The maximum absolute atomic E-state index is 13.5. The molecule has 1 saturated heterocycles. The molecule has 1 aromatic carbocycles. The first kappa shape index (κ1) is 23.6. The number of aromatic nitrogens is 3. The Morgan fingerprint density at radius 3 is 2.46 bits per heavy atom. The summed E-state index contributed by atoms with van der Waals surface area (Å²) in [5.41, 5.74) is -0.00155. The number of hydrogen-bond acceptors (Lipinski definition) is 6. The molecule has 1 N–H and O–H groups in total. The van der Waals surface area contributed by atoms with Crippen LogP contribution in [0.5, 0.6) is 0 Å². The van der Waals surface area contributed by atoms with Gasteiger partial charge in [-0.3, -0.25) is 4.79 Å². The lowest BCUT2D eigenvalue weighted by Crippen LogP contribution is -2.45. The number of fused-ring (bicyclic) bond motifs is 1. The molecule has 1 aliphatic heterocycles. The second-order valence-corrected chi connectivity index (χ2v) is 9.62. The van der Waals surface area contributed by atoms with Gasteiger partial charge in [-0.1, -0.05) is 12.1 Å². The van der Waals surface area contributed by atoms with E-state index in [2.05, 4.69) is 32.4 Å². The summed E-state index contributed by atoms with van der Waals surface area (Å²) in [5, 5.41) is 13.7. The Bertz CT molecular complexity index is 1310. The van der Waals surface area contributed by atoms with Crippen molar-refractivity contribution in [2.24, 2.45) is 0 Å². The number of alkyl halides is 3. The third-order valence-corrected chi connectivity index (χ3v) is 7.07. The zero-order valence-corrected chi connectivity index (χ0v) is 20.1. The number of likely N-dealkylation sites (N-methyl/N-ethyl adjacent to an activating group) is 1. The number of halogens is 3. The molecule has 186 valence electrons. The maximum atomic E-state index is 13.5. The second kappa shape index (κ2) is 8.82. The Labute approximate surface area is 201 Å². The first-order valence-electron chi connectivity index (χ1n) is 11.9. The highest BCUT2D eigenvalue weighted by Gasteiger charge is 2.33. The fourth-order valence-electron chi connectivity index (χ4n) is 4.84. The molecular formula is C25H29F3N6O. The largest absolute Gasteiger partial charge is 0.416 e. The topological polar surface area (TPSA) is 66.3 Å². The number of nitrogens with zero attached hydrogens (tertiary/aromatic N) is 5. The summed E-state index contributed by atoms with van der Waals surface area (Å²) in [5.74, 6) is 1.12. The summed E-state index contributed by atoms with van der Waals surface area (Å²) in [7, 11) is 2.07. The van der Waals surface area contributed by atoms with Crippen LogP contribution in [0.1, 0.15) is 48.5 Å². The van der Waals surface area contributed by atoms with Crippen LogP contribution >= 0.6 is 0 Å². The van der Waals surface area contributed by atoms with Gasteiger partial charge in [0.05, 0.1) is 11.6 Å². The highest BCUT2D eigenvalue weighted by molar-refractivity contribution is 5.98. The quantitative estimate of drug-likeness (QED) is 0.578. The normalized spacial score (nSPS) is 18.2. The lowest BCUT2D eigenvalue weighted by atomic mass is 9.97. The predicted octanol–water partition coefficient (Wildman–Crippen LogP) is 4.38. The Kier molecular flexibility index (Phi) is 5.94. The van der Waals surface area contributed by atoms with Gasteiger partial charge in [-0.15, -0.1) is 10.2 Å². The van der Waals surface area contributed by atoms with Crippen molar-refractivity contribution in [3.8, 4) is 0 Å². The van der Waals surface area contributed by atoms with Crippen LogP contribution in [0.15, 0.2) is 35.3 Å². The number of nitrogens with one attached hydrogen (secondary N) is 1. The summed E-state index contributed by atoms with van der Waals surface area (Å²) in [6.07, 6.45) is -0.676. The van der Waals surface area contributed by atoms with Gasteiger partial charge < -0.3 is 19.7 Å². The zero-order chi connectivity index (χ0) is 24.9. The molecule has 5 rings (SSSR count). The van der Waals surface area contributed by atoms with Crippen LogP contribution in [-0.2, 0) is 6.18 Å². The molecule has 2 aliphatic rings. The first-order valence-corrected chi connectivity index (χ1v) is 11.9. The summed E-state index contributed by atoms with van der Waals surface area (Å²) < 4.78 is 42.1. The monoisotopic (exact) mass is 486 g/mol. The van der Waals surface area contributed by atoms with Crippen molar-refractivity contribution in [1.29, 1.82) is 0 Å². The Balaban J connectivity index is 1.56. The fraction of sp³-hybridized carbons (Fsp3) is 0.480. The van der Waals surface area contributed by atoms with Crippen molar-refractivity contribution < 1.29 is 13.2 Å². The van der Waals surface area contributed by atoms with E-state index in [1.165, 1.54) is 13.0 Å². The Morgan fingerprint density at radius 2 is 1.80 bits per heavy atom. The van der Waals surface area contributed by atoms with E-state index in [1.807, 2.05) is 6.20 Å². The van der Waals surface area contributed by atoms with Crippen LogP contribution in [0.3, 0.4) is 0 Å². The molecule has 0 bridgehead atoms. The molecule has 35 heavy (non-hydrogen) atoms. The minimum absolute atomic E-state index is 0.0731.